The average Bonchev–Trinajstić information content (AvgIpc) is 2.86. The highest BCUT2D eigenvalue weighted by Gasteiger charge is 2.16. The quantitative estimate of drug-likeness (QED) is 0.916. The molecule has 18 heavy (non-hydrogen) atoms. The first-order valence-electron chi connectivity index (χ1n) is 4.85. The second-order valence-corrected chi connectivity index (χ2v) is 4.54. The molecule has 2 heterocycles. The van der Waals surface area contributed by atoms with E-state index in [-0.39, 0.29) is 20.8 Å². The van der Waals surface area contributed by atoms with Crippen LogP contribution in [0, 0.1) is 0 Å². The smallest absolute Gasteiger partial charge is 0.271 e. The van der Waals surface area contributed by atoms with Crippen LogP contribution in [0.25, 0.3) is 0 Å². The zero-order valence-electron chi connectivity index (χ0n) is 8.88. The molecule has 5 nitrogen and oxygen atoms in total. The van der Waals surface area contributed by atoms with Crippen LogP contribution in [0.4, 0.5) is 0 Å². The molecule has 0 unspecified atom stereocenters. The Kier molecular flexibility index (Phi) is 4.06. The molecule has 0 spiro atoms. The van der Waals surface area contributed by atoms with Gasteiger partial charge in [-0.05, 0) is 0 Å². The number of aromatic nitrogens is 3. The van der Waals surface area contributed by atoms with Gasteiger partial charge in [-0.2, -0.15) is 5.10 Å². The monoisotopic (exact) mass is 304 g/mol. The van der Waals surface area contributed by atoms with Crippen molar-refractivity contribution in [2.45, 2.75) is 6.54 Å². The molecule has 2 N–H and O–H groups in total. The number of nitrogens with one attached hydrogen (secondary N) is 2. The highest BCUT2D eigenvalue weighted by Crippen LogP contribution is 2.30. The van der Waals surface area contributed by atoms with E-state index in [1.807, 2.05) is 0 Å². The molecule has 2 aromatic rings. The summed E-state index contributed by atoms with van der Waals surface area (Å²) in [6, 6.07) is 0. The third kappa shape index (κ3) is 2.75. The van der Waals surface area contributed by atoms with E-state index in [9.17, 15) is 4.79 Å². The predicted octanol–water partition coefficient (Wildman–Crippen LogP) is 2.69. The Bertz CT molecular complexity index is 571. The first-order chi connectivity index (χ1) is 8.59. The molecule has 0 saturated heterocycles. The van der Waals surface area contributed by atoms with Gasteiger partial charge in [-0.3, -0.25) is 9.89 Å². The minimum Gasteiger partial charge on any atom is -0.346 e. The van der Waals surface area contributed by atoms with Gasteiger partial charge in [0.25, 0.3) is 5.91 Å². The minimum atomic E-state index is -0.431. The fourth-order valence-corrected chi connectivity index (χ4v) is 1.81. The first kappa shape index (κ1) is 13.1. The summed E-state index contributed by atoms with van der Waals surface area (Å²) in [5, 5.41) is 9.39. The minimum absolute atomic E-state index is 0.0360. The number of rotatable bonds is 3. The van der Waals surface area contributed by atoms with Crippen molar-refractivity contribution in [1.82, 2.24) is 20.5 Å². The molecule has 0 aromatic carbocycles. The normalized spacial score (nSPS) is 10.4. The van der Waals surface area contributed by atoms with E-state index in [1.54, 1.807) is 12.4 Å². The largest absolute Gasteiger partial charge is 0.346 e. The summed E-state index contributed by atoms with van der Waals surface area (Å²) in [5.41, 5.74) is 0.870. The fourth-order valence-electron chi connectivity index (χ4n) is 1.24. The molecule has 0 aliphatic rings. The third-order valence-corrected chi connectivity index (χ3v) is 3.38. The first-order valence-corrected chi connectivity index (χ1v) is 5.98. The van der Waals surface area contributed by atoms with E-state index in [0.717, 1.165) is 5.56 Å². The number of hydrogen-bond donors (Lipinski definition) is 2. The summed E-state index contributed by atoms with van der Waals surface area (Å²) in [4.78, 5) is 15.7. The van der Waals surface area contributed by atoms with Crippen molar-refractivity contribution in [3.8, 4) is 0 Å². The maximum Gasteiger partial charge on any atom is 0.271 e. The number of pyridine rings is 1. The van der Waals surface area contributed by atoms with Crippen LogP contribution in [0.5, 0.6) is 0 Å². The van der Waals surface area contributed by atoms with Crippen molar-refractivity contribution in [3.63, 3.8) is 0 Å². The molecule has 0 fully saturated rings. The van der Waals surface area contributed by atoms with Crippen molar-refractivity contribution in [2.24, 2.45) is 0 Å². The molecule has 0 radical (unpaired) electrons. The van der Waals surface area contributed by atoms with Crippen LogP contribution in [0.2, 0.25) is 15.1 Å². The Morgan fingerprint density at radius 2 is 2.06 bits per heavy atom. The van der Waals surface area contributed by atoms with E-state index in [0.29, 0.717) is 6.54 Å². The zero-order valence-corrected chi connectivity index (χ0v) is 11.1. The Morgan fingerprint density at radius 1 is 1.28 bits per heavy atom. The van der Waals surface area contributed by atoms with Crippen molar-refractivity contribution in [3.05, 3.63) is 44.9 Å². The number of aromatic amines is 1. The van der Waals surface area contributed by atoms with Gasteiger partial charge in [0.1, 0.15) is 5.69 Å². The summed E-state index contributed by atoms with van der Waals surface area (Å²) >= 11 is 17.4. The second-order valence-electron chi connectivity index (χ2n) is 3.37. The highest BCUT2D eigenvalue weighted by molar-refractivity contribution is 6.48. The van der Waals surface area contributed by atoms with Crippen molar-refractivity contribution < 1.29 is 4.79 Å². The summed E-state index contributed by atoms with van der Waals surface area (Å²) in [7, 11) is 0. The number of carbonyl (C=O) groups excluding carboxylic acids is 1. The van der Waals surface area contributed by atoms with E-state index >= 15 is 0 Å². The summed E-state index contributed by atoms with van der Waals surface area (Å²) in [6.45, 7) is 0.313. The molecule has 0 aliphatic heterocycles. The van der Waals surface area contributed by atoms with Crippen LogP contribution in [0.3, 0.4) is 0 Å². The molecular formula is C10H7Cl3N4O. The van der Waals surface area contributed by atoms with Gasteiger partial charge in [-0.15, -0.1) is 0 Å². The van der Waals surface area contributed by atoms with Crippen LogP contribution in [0.15, 0.2) is 18.6 Å². The molecule has 1 amide bonds. The highest BCUT2D eigenvalue weighted by atomic mass is 35.5. The molecule has 0 saturated carbocycles. The van der Waals surface area contributed by atoms with Gasteiger partial charge < -0.3 is 5.32 Å². The number of amides is 1. The van der Waals surface area contributed by atoms with Crippen LogP contribution in [-0.2, 0) is 6.54 Å². The molecule has 0 atom stereocenters. The van der Waals surface area contributed by atoms with Gasteiger partial charge in [0.15, 0.2) is 0 Å². The van der Waals surface area contributed by atoms with Crippen LogP contribution < -0.4 is 5.32 Å². The van der Waals surface area contributed by atoms with Crippen molar-refractivity contribution >= 4 is 40.7 Å². The zero-order chi connectivity index (χ0) is 13.1. The van der Waals surface area contributed by atoms with Gasteiger partial charge in [0.05, 0.1) is 21.3 Å². The Hall–Kier alpha value is -1.30. The molecule has 94 valence electrons. The third-order valence-electron chi connectivity index (χ3n) is 2.14. The van der Waals surface area contributed by atoms with Gasteiger partial charge >= 0.3 is 0 Å². The molecular weight excluding hydrogens is 298 g/mol. The topological polar surface area (TPSA) is 70.7 Å². The van der Waals surface area contributed by atoms with E-state index < -0.39 is 5.91 Å². The van der Waals surface area contributed by atoms with Crippen molar-refractivity contribution in [2.75, 3.05) is 0 Å². The molecule has 0 aliphatic carbocycles. The second kappa shape index (κ2) is 5.56. The predicted molar refractivity (Wildman–Crippen MR) is 69.0 cm³/mol. The summed E-state index contributed by atoms with van der Waals surface area (Å²) in [5.74, 6) is -0.431. The number of nitrogens with zero attached hydrogens (tertiary/aromatic N) is 2. The maximum absolute atomic E-state index is 11.8. The van der Waals surface area contributed by atoms with Gasteiger partial charge in [-0.1, -0.05) is 34.8 Å². The lowest BCUT2D eigenvalue weighted by Crippen LogP contribution is -2.24. The Labute approximate surface area is 117 Å². The molecule has 8 heteroatoms. The standard InChI is InChI=1S/C10H7Cl3N4O/c11-6-4-14-9(8(13)7(6)12)10(18)15-1-5-2-16-17-3-5/h2-4H,1H2,(H,15,18)(H,16,17). The van der Waals surface area contributed by atoms with Crippen molar-refractivity contribution in [1.29, 1.82) is 0 Å². The lowest BCUT2D eigenvalue weighted by atomic mass is 10.3. The van der Waals surface area contributed by atoms with Gasteiger partial charge in [0.2, 0.25) is 0 Å². The Balaban J connectivity index is 2.12. The van der Waals surface area contributed by atoms with Crippen LogP contribution >= 0.6 is 34.8 Å². The van der Waals surface area contributed by atoms with Gasteiger partial charge in [0, 0.05) is 24.5 Å². The number of H-pyrrole nitrogens is 1. The number of halogens is 3. The fraction of sp³-hybridized carbons (Fsp3) is 0.100. The molecule has 0 bridgehead atoms. The summed E-state index contributed by atoms with van der Waals surface area (Å²) < 4.78 is 0. The lowest BCUT2D eigenvalue weighted by molar-refractivity contribution is 0.0946. The number of carbonyl (C=O) groups is 1. The summed E-state index contributed by atoms with van der Waals surface area (Å²) in [6.07, 6.45) is 4.55. The van der Waals surface area contributed by atoms with Crippen LogP contribution in [0.1, 0.15) is 16.1 Å². The van der Waals surface area contributed by atoms with E-state index in [1.165, 1.54) is 6.20 Å². The maximum atomic E-state index is 11.8. The molecule has 2 aromatic heterocycles. The van der Waals surface area contributed by atoms with Crippen LogP contribution in [-0.4, -0.2) is 21.1 Å². The number of hydrogen-bond acceptors (Lipinski definition) is 3. The Morgan fingerprint density at radius 3 is 2.72 bits per heavy atom. The lowest BCUT2D eigenvalue weighted by Gasteiger charge is -2.06. The molecule has 2 rings (SSSR count). The van der Waals surface area contributed by atoms with E-state index in [2.05, 4.69) is 20.5 Å². The van der Waals surface area contributed by atoms with Gasteiger partial charge in [-0.25, -0.2) is 4.98 Å². The SMILES string of the molecule is O=C(NCc1cn[nH]c1)c1ncc(Cl)c(Cl)c1Cl. The average molecular weight is 306 g/mol. The van der Waals surface area contributed by atoms with E-state index in [4.69, 9.17) is 34.8 Å².